The van der Waals surface area contributed by atoms with Crippen molar-refractivity contribution in [2.45, 2.75) is 19.9 Å². The number of nitrogens with zero attached hydrogens (tertiary/aromatic N) is 2. The minimum absolute atomic E-state index is 0.139. The maximum Gasteiger partial charge on any atom is 0.328 e. The lowest BCUT2D eigenvalue weighted by atomic mass is 10.2. The first-order valence-electron chi connectivity index (χ1n) is 6.24. The van der Waals surface area contributed by atoms with E-state index in [9.17, 15) is 9.59 Å². The van der Waals surface area contributed by atoms with Crippen molar-refractivity contribution in [2.24, 2.45) is 0 Å². The van der Waals surface area contributed by atoms with Gasteiger partial charge in [0.1, 0.15) is 6.04 Å². The van der Waals surface area contributed by atoms with Crippen molar-refractivity contribution in [1.82, 2.24) is 9.78 Å². The van der Waals surface area contributed by atoms with Crippen LogP contribution in [0.15, 0.2) is 30.5 Å². The van der Waals surface area contributed by atoms with Gasteiger partial charge in [0.25, 0.3) is 5.91 Å². The summed E-state index contributed by atoms with van der Waals surface area (Å²) in [5.41, 5.74) is 1.60. The van der Waals surface area contributed by atoms with Crippen LogP contribution in [0.25, 0.3) is 0 Å². The average molecular weight is 308 g/mol. The molecule has 1 unspecified atom stereocenters. The fourth-order valence-corrected chi connectivity index (χ4v) is 1.83. The number of amides is 1. The van der Waals surface area contributed by atoms with E-state index in [4.69, 9.17) is 16.7 Å². The molecule has 0 saturated heterocycles. The normalized spacial score (nSPS) is 12.0. The fourth-order valence-electron chi connectivity index (χ4n) is 1.65. The maximum absolute atomic E-state index is 12.0. The molecular formula is C14H14ClN3O3. The number of aliphatic carboxylic acids is 1. The van der Waals surface area contributed by atoms with Gasteiger partial charge >= 0.3 is 5.97 Å². The number of nitrogens with one attached hydrogen (secondary N) is 1. The molecule has 0 spiro atoms. The number of anilines is 1. The monoisotopic (exact) mass is 307 g/mol. The molecule has 21 heavy (non-hydrogen) atoms. The van der Waals surface area contributed by atoms with Gasteiger partial charge in [-0.25, -0.2) is 4.79 Å². The summed E-state index contributed by atoms with van der Waals surface area (Å²) in [7, 11) is 0. The number of hydrogen-bond donors (Lipinski definition) is 2. The van der Waals surface area contributed by atoms with Gasteiger partial charge in [0, 0.05) is 16.9 Å². The van der Waals surface area contributed by atoms with Gasteiger partial charge in [0.05, 0.1) is 0 Å². The van der Waals surface area contributed by atoms with Crippen LogP contribution in [0.1, 0.15) is 29.0 Å². The lowest BCUT2D eigenvalue weighted by molar-refractivity contribution is -0.140. The molecular weight excluding hydrogens is 294 g/mol. The van der Waals surface area contributed by atoms with Crippen LogP contribution < -0.4 is 5.32 Å². The number of rotatable bonds is 4. The molecule has 0 aliphatic heterocycles. The summed E-state index contributed by atoms with van der Waals surface area (Å²) in [6, 6.07) is 5.80. The molecule has 0 fully saturated rings. The van der Waals surface area contributed by atoms with E-state index in [1.54, 1.807) is 18.2 Å². The Morgan fingerprint density at radius 2 is 2.10 bits per heavy atom. The molecule has 0 bridgehead atoms. The highest BCUT2D eigenvalue weighted by Gasteiger charge is 2.17. The summed E-state index contributed by atoms with van der Waals surface area (Å²) in [6.45, 7) is 3.35. The van der Waals surface area contributed by atoms with Crippen LogP contribution in [0.5, 0.6) is 0 Å². The van der Waals surface area contributed by atoms with Gasteiger partial charge in [-0.05, 0) is 37.6 Å². The van der Waals surface area contributed by atoms with E-state index >= 15 is 0 Å². The van der Waals surface area contributed by atoms with E-state index in [1.165, 1.54) is 23.9 Å². The summed E-state index contributed by atoms with van der Waals surface area (Å²) in [5, 5.41) is 16.1. The van der Waals surface area contributed by atoms with Crippen LogP contribution in [0, 0.1) is 6.92 Å². The maximum atomic E-state index is 12.0. The molecule has 1 aromatic heterocycles. The first-order chi connectivity index (χ1) is 9.88. The molecule has 0 aliphatic carbocycles. The van der Waals surface area contributed by atoms with Gasteiger partial charge in [-0.15, -0.1) is 0 Å². The number of hydrogen-bond acceptors (Lipinski definition) is 3. The number of benzene rings is 1. The molecule has 6 nitrogen and oxygen atoms in total. The Hall–Kier alpha value is -2.34. The lowest BCUT2D eigenvalue weighted by Gasteiger charge is -2.07. The standard InChI is InChI=1S/C14H14ClN3O3/c1-8-3-4-10(7-11(8)15)16-13(19)12-5-6-18(17-12)9(2)14(20)21/h3-7,9H,1-2H3,(H,16,19)(H,20,21). The van der Waals surface area contributed by atoms with Crippen molar-refractivity contribution < 1.29 is 14.7 Å². The second-order valence-corrected chi connectivity index (χ2v) is 5.02. The number of carboxylic acids is 1. The second kappa shape index (κ2) is 5.97. The predicted octanol–water partition coefficient (Wildman–Crippen LogP) is 2.74. The number of halogens is 1. The Morgan fingerprint density at radius 3 is 2.71 bits per heavy atom. The summed E-state index contributed by atoms with van der Waals surface area (Å²) >= 11 is 5.99. The van der Waals surface area contributed by atoms with E-state index in [2.05, 4.69) is 10.4 Å². The minimum Gasteiger partial charge on any atom is -0.480 e. The molecule has 2 N–H and O–H groups in total. The number of aromatic nitrogens is 2. The minimum atomic E-state index is -1.02. The third-order valence-electron chi connectivity index (χ3n) is 3.02. The zero-order chi connectivity index (χ0) is 15.6. The van der Waals surface area contributed by atoms with Crippen LogP contribution in [-0.2, 0) is 4.79 Å². The van der Waals surface area contributed by atoms with Gasteiger partial charge < -0.3 is 10.4 Å². The first kappa shape index (κ1) is 15.1. The topological polar surface area (TPSA) is 84.2 Å². The zero-order valence-electron chi connectivity index (χ0n) is 11.5. The molecule has 110 valence electrons. The van der Waals surface area contributed by atoms with Gasteiger partial charge in [-0.2, -0.15) is 5.10 Å². The van der Waals surface area contributed by atoms with Crippen molar-refractivity contribution in [3.63, 3.8) is 0 Å². The zero-order valence-corrected chi connectivity index (χ0v) is 12.3. The number of carboxylic acid groups (broad SMARTS) is 1. The molecule has 1 atom stereocenters. The molecule has 0 radical (unpaired) electrons. The van der Waals surface area contributed by atoms with Gasteiger partial charge in [0.2, 0.25) is 0 Å². The van der Waals surface area contributed by atoms with E-state index in [0.29, 0.717) is 10.7 Å². The Bertz CT molecular complexity index is 697. The molecule has 0 saturated carbocycles. The number of carbonyl (C=O) groups excluding carboxylic acids is 1. The SMILES string of the molecule is Cc1ccc(NC(=O)c2ccn(C(C)C(=O)O)n2)cc1Cl. The Morgan fingerprint density at radius 1 is 1.38 bits per heavy atom. The van der Waals surface area contributed by atoms with Gasteiger partial charge in [-0.1, -0.05) is 17.7 Å². The van der Waals surface area contributed by atoms with Crippen molar-refractivity contribution in [3.8, 4) is 0 Å². The molecule has 1 heterocycles. The lowest BCUT2D eigenvalue weighted by Crippen LogP contribution is -2.18. The average Bonchev–Trinajstić information content (AvgIpc) is 2.91. The number of carbonyl (C=O) groups is 2. The highest BCUT2D eigenvalue weighted by Crippen LogP contribution is 2.20. The van der Waals surface area contributed by atoms with Crippen LogP contribution in [-0.4, -0.2) is 26.8 Å². The summed E-state index contributed by atoms with van der Waals surface area (Å²) < 4.78 is 1.22. The first-order valence-corrected chi connectivity index (χ1v) is 6.61. The number of aryl methyl sites for hydroxylation is 1. The van der Waals surface area contributed by atoms with E-state index in [0.717, 1.165) is 5.56 Å². The third kappa shape index (κ3) is 3.41. The Labute approximate surface area is 126 Å². The third-order valence-corrected chi connectivity index (χ3v) is 3.43. The van der Waals surface area contributed by atoms with Crippen LogP contribution in [0.3, 0.4) is 0 Å². The van der Waals surface area contributed by atoms with E-state index in [-0.39, 0.29) is 5.69 Å². The van der Waals surface area contributed by atoms with Crippen LogP contribution in [0.4, 0.5) is 5.69 Å². The molecule has 2 rings (SSSR count). The van der Waals surface area contributed by atoms with Gasteiger partial charge in [-0.3, -0.25) is 9.48 Å². The fraction of sp³-hybridized carbons (Fsp3) is 0.214. The Kier molecular flexibility index (Phi) is 4.28. The predicted molar refractivity (Wildman–Crippen MR) is 78.7 cm³/mol. The van der Waals surface area contributed by atoms with Crippen LogP contribution >= 0.6 is 11.6 Å². The molecule has 2 aromatic rings. The summed E-state index contributed by atoms with van der Waals surface area (Å²) in [6.07, 6.45) is 1.45. The Balaban J connectivity index is 2.13. The molecule has 1 amide bonds. The summed E-state index contributed by atoms with van der Waals surface area (Å²) in [5.74, 6) is -1.44. The highest BCUT2D eigenvalue weighted by molar-refractivity contribution is 6.31. The molecule has 1 aromatic carbocycles. The van der Waals surface area contributed by atoms with Crippen LogP contribution in [0.2, 0.25) is 5.02 Å². The largest absolute Gasteiger partial charge is 0.480 e. The van der Waals surface area contributed by atoms with Gasteiger partial charge in [0.15, 0.2) is 5.69 Å². The van der Waals surface area contributed by atoms with Crippen molar-refractivity contribution in [3.05, 3.63) is 46.7 Å². The van der Waals surface area contributed by atoms with Crippen molar-refractivity contribution >= 4 is 29.2 Å². The quantitative estimate of drug-likeness (QED) is 0.909. The summed E-state index contributed by atoms with van der Waals surface area (Å²) in [4.78, 5) is 22.9. The van der Waals surface area contributed by atoms with E-state index in [1.807, 2.05) is 6.92 Å². The smallest absolute Gasteiger partial charge is 0.328 e. The van der Waals surface area contributed by atoms with Crippen molar-refractivity contribution in [1.29, 1.82) is 0 Å². The molecule has 0 aliphatic rings. The van der Waals surface area contributed by atoms with E-state index < -0.39 is 17.9 Å². The second-order valence-electron chi connectivity index (χ2n) is 4.61. The molecule has 7 heteroatoms. The van der Waals surface area contributed by atoms with Crippen molar-refractivity contribution in [2.75, 3.05) is 5.32 Å². The highest BCUT2D eigenvalue weighted by atomic mass is 35.5.